The second-order valence-electron chi connectivity index (χ2n) is 4.14. The summed E-state index contributed by atoms with van der Waals surface area (Å²) in [5.74, 6) is 0.880. The summed E-state index contributed by atoms with van der Waals surface area (Å²) in [6.45, 7) is 0. The maximum absolute atomic E-state index is 5.09. The molecule has 0 saturated heterocycles. The SMILES string of the molecule is C1=Cc2ccccc2ON1.c1ccc2nccnc2c1. The van der Waals surface area contributed by atoms with Gasteiger partial charge in [0.1, 0.15) is 0 Å². The van der Waals surface area contributed by atoms with Crippen LogP contribution in [0.5, 0.6) is 5.75 Å². The van der Waals surface area contributed by atoms with Gasteiger partial charge in [-0.05, 0) is 24.3 Å². The van der Waals surface area contributed by atoms with Crippen molar-refractivity contribution in [3.8, 4) is 5.75 Å². The molecule has 1 aromatic heterocycles. The first-order chi connectivity index (χ1) is 9.93. The summed E-state index contributed by atoms with van der Waals surface area (Å²) in [7, 11) is 0. The van der Waals surface area contributed by atoms with Crippen LogP contribution in [0.25, 0.3) is 17.1 Å². The van der Waals surface area contributed by atoms with Crippen molar-refractivity contribution in [2.45, 2.75) is 0 Å². The summed E-state index contributed by atoms with van der Waals surface area (Å²) in [5, 5.41) is 0. The highest BCUT2D eigenvalue weighted by molar-refractivity contribution is 5.73. The first-order valence-corrected chi connectivity index (χ1v) is 6.27. The van der Waals surface area contributed by atoms with Gasteiger partial charge in [0.2, 0.25) is 0 Å². The van der Waals surface area contributed by atoms with Crippen molar-refractivity contribution in [3.05, 3.63) is 72.7 Å². The molecular weight excluding hydrogens is 250 g/mol. The van der Waals surface area contributed by atoms with E-state index < -0.39 is 0 Å². The number of para-hydroxylation sites is 3. The van der Waals surface area contributed by atoms with Crippen LogP contribution < -0.4 is 10.3 Å². The smallest absolute Gasteiger partial charge is 0.162 e. The van der Waals surface area contributed by atoms with Crippen molar-refractivity contribution in [2.75, 3.05) is 0 Å². The zero-order valence-electron chi connectivity index (χ0n) is 10.7. The lowest BCUT2D eigenvalue weighted by Crippen LogP contribution is -2.13. The Kier molecular flexibility index (Phi) is 3.55. The van der Waals surface area contributed by atoms with Gasteiger partial charge in [0.15, 0.2) is 5.75 Å². The standard InChI is InChI=1S/C8H6N2.C8H7NO/c1-2-4-8-7(3-1)9-5-6-10-8;1-2-4-8-7(3-1)5-6-9-10-8/h1-6H;1-6,9H. The van der Waals surface area contributed by atoms with E-state index in [2.05, 4.69) is 15.4 Å². The maximum Gasteiger partial charge on any atom is 0.162 e. The van der Waals surface area contributed by atoms with Crippen LogP contribution in [0.1, 0.15) is 5.56 Å². The number of benzene rings is 2. The van der Waals surface area contributed by atoms with E-state index in [0.717, 1.165) is 22.3 Å². The molecule has 0 saturated carbocycles. The molecule has 3 aromatic rings. The van der Waals surface area contributed by atoms with E-state index >= 15 is 0 Å². The third kappa shape index (κ3) is 2.75. The minimum atomic E-state index is 0.880. The summed E-state index contributed by atoms with van der Waals surface area (Å²) >= 11 is 0. The predicted molar refractivity (Wildman–Crippen MR) is 78.8 cm³/mol. The molecule has 0 spiro atoms. The Morgan fingerprint density at radius 2 is 1.45 bits per heavy atom. The second kappa shape index (κ2) is 5.84. The molecule has 1 N–H and O–H groups in total. The largest absolute Gasteiger partial charge is 0.382 e. The van der Waals surface area contributed by atoms with Gasteiger partial charge in [-0.2, -0.15) is 0 Å². The molecule has 20 heavy (non-hydrogen) atoms. The molecule has 2 aromatic carbocycles. The van der Waals surface area contributed by atoms with Gasteiger partial charge < -0.3 is 4.84 Å². The highest BCUT2D eigenvalue weighted by atomic mass is 16.6. The molecule has 98 valence electrons. The fraction of sp³-hybridized carbons (Fsp3) is 0. The van der Waals surface area contributed by atoms with Crippen LogP contribution in [-0.2, 0) is 0 Å². The zero-order chi connectivity index (χ0) is 13.6. The second-order valence-corrected chi connectivity index (χ2v) is 4.14. The average Bonchev–Trinajstić information content (AvgIpc) is 2.56. The van der Waals surface area contributed by atoms with E-state index in [1.54, 1.807) is 18.6 Å². The Morgan fingerprint density at radius 1 is 0.800 bits per heavy atom. The van der Waals surface area contributed by atoms with Gasteiger partial charge in [0, 0.05) is 24.2 Å². The molecule has 4 rings (SSSR count). The monoisotopic (exact) mass is 263 g/mol. The summed E-state index contributed by atoms with van der Waals surface area (Å²) in [6.07, 6.45) is 7.13. The normalized spacial score (nSPS) is 11.6. The Balaban J connectivity index is 0.000000121. The van der Waals surface area contributed by atoms with Crippen LogP contribution in [0.2, 0.25) is 0 Å². The summed E-state index contributed by atoms with van der Waals surface area (Å²) in [6, 6.07) is 15.7. The molecule has 4 nitrogen and oxygen atoms in total. The zero-order valence-corrected chi connectivity index (χ0v) is 10.7. The Morgan fingerprint density at radius 3 is 2.15 bits per heavy atom. The summed E-state index contributed by atoms with van der Waals surface area (Å²) in [4.78, 5) is 13.3. The fourth-order valence-electron chi connectivity index (χ4n) is 1.84. The molecule has 4 heteroatoms. The van der Waals surface area contributed by atoms with E-state index in [1.807, 2.05) is 54.6 Å². The first-order valence-electron chi connectivity index (χ1n) is 6.27. The summed E-state index contributed by atoms with van der Waals surface area (Å²) < 4.78 is 0. The first kappa shape index (κ1) is 12.2. The highest BCUT2D eigenvalue weighted by Crippen LogP contribution is 2.20. The molecule has 0 atom stereocenters. The quantitative estimate of drug-likeness (QED) is 0.676. The molecule has 0 radical (unpaired) electrons. The van der Waals surface area contributed by atoms with E-state index in [-0.39, 0.29) is 0 Å². The number of aromatic nitrogens is 2. The number of fused-ring (bicyclic) bond motifs is 2. The lowest BCUT2D eigenvalue weighted by Gasteiger charge is -2.11. The number of rotatable bonds is 0. The third-order valence-electron chi connectivity index (χ3n) is 2.79. The molecule has 1 aliphatic rings. The van der Waals surface area contributed by atoms with Gasteiger partial charge in [-0.25, -0.2) is 5.48 Å². The van der Waals surface area contributed by atoms with Crippen LogP contribution >= 0.6 is 0 Å². The number of nitrogens with zero attached hydrogens (tertiary/aromatic N) is 2. The van der Waals surface area contributed by atoms with Crippen LogP contribution in [0.15, 0.2) is 67.1 Å². The molecule has 0 unspecified atom stereocenters. The topological polar surface area (TPSA) is 47.0 Å². The third-order valence-corrected chi connectivity index (χ3v) is 2.79. The molecule has 0 fully saturated rings. The van der Waals surface area contributed by atoms with Crippen molar-refractivity contribution in [3.63, 3.8) is 0 Å². The van der Waals surface area contributed by atoms with E-state index in [4.69, 9.17) is 4.84 Å². The Bertz CT molecular complexity index is 675. The maximum atomic E-state index is 5.09. The van der Waals surface area contributed by atoms with Gasteiger partial charge in [-0.15, -0.1) is 0 Å². The molecule has 0 amide bonds. The predicted octanol–water partition coefficient (Wildman–Crippen LogP) is 3.18. The van der Waals surface area contributed by atoms with Crippen LogP contribution in [0.3, 0.4) is 0 Å². The van der Waals surface area contributed by atoms with E-state index in [1.165, 1.54) is 0 Å². The number of hydrogen-bond acceptors (Lipinski definition) is 4. The van der Waals surface area contributed by atoms with Crippen LogP contribution in [0.4, 0.5) is 0 Å². The van der Waals surface area contributed by atoms with Gasteiger partial charge in [0.05, 0.1) is 11.0 Å². The molecule has 0 bridgehead atoms. The lowest BCUT2D eigenvalue weighted by molar-refractivity contribution is 0.239. The van der Waals surface area contributed by atoms with Crippen LogP contribution in [0, 0.1) is 0 Å². The molecule has 2 heterocycles. The van der Waals surface area contributed by atoms with Crippen molar-refractivity contribution >= 4 is 17.1 Å². The fourth-order valence-corrected chi connectivity index (χ4v) is 1.84. The number of nitrogens with one attached hydrogen (secondary N) is 1. The van der Waals surface area contributed by atoms with Crippen LogP contribution in [-0.4, -0.2) is 9.97 Å². The van der Waals surface area contributed by atoms with Crippen molar-refractivity contribution < 1.29 is 4.84 Å². The van der Waals surface area contributed by atoms with Crippen molar-refractivity contribution in [2.24, 2.45) is 0 Å². The molecule has 0 aliphatic carbocycles. The Hall–Kier alpha value is -2.88. The van der Waals surface area contributed by atoms with Crippen molar-refractivity contribution in [1.29, 1.82) is 0 Å². The minimum Gasteiger partial charge on any atom is -0.382 e. The summed E-state index contributed by atoms with van der Waals surface area (Å²) in [5.41, 5.74) is 5.67. The number of hydrogen-bond donors (Lipinski definition) is 1. The van der Waals surface area contributed by atoms with Gasteiger partial charge in [0.25, 0.3) is 0 Å². The van der Waals surface area contributed by atoms with E-state index in [0.29, 0.717) is 0 Å². The van der Waals surface area contributed by atoms with E-state index in [9.17, 15) is 0 Å². The highest BCUT2D eigenvalue weighted by Gasteiger charge is 2.01. The Labute approximate surface area is 116 Å². The average molecular weight is 263 g/mol. The van der Waals surface area contributed by atoms with Gasteiger partial charge in [-0.3, -0.25) is 9.97 Å². The molecule has 1 aliphatic heterocycles. The van der Waals surface area contributed by atoms with Crippen molar-refractivity contribution in [1.82, 2.24) is 15.4 Å². The minimum absolute atomic E-state index is 0.880. The molecular formula is C16H13N3O. The lowest BCUT2D eigenvalue weighted by atomic mass is 10.2. The van der Waals surface area contributed by atoms with Gasteiger partial charge >= 0.3 is 0 Å². The van der Waals surface area contributed by atoms with Gasteiger partial charge in [-0.1, -0.05) is 30.3 Å². The number of hydroxylamine groups is 1.